The van der Waals surface area contributed by atoms with Gasteiger partial charge in [0.1, 0.15) is 0 Å². The van der Waals surface area contributed by atoms with E-state index < -0.39 is 0 Å². The summed E-state index contributed by atoms with van der Waals surface area (Å²) in [5, 5.41) is 7.05. The van der Waals surface area contributed by atoms with Crippen LogP contribution < -0.4 is 0 Å². The highest BCUT2D eigenvalue weighted by Crippen LogP contribution is 2.39. The third kappa shape index (κ3) is 3.20. The van der Waals surface area contributed by atoms with Crippen LogP contribution in [-0.4, -0.2) is 58.7 Å². The Bertz CT molecular complexity index is 1040. The standard InChI is InChI=1S/C23H26N4OS/c1-25(2)17-9-6-13-26(15-17)23(28)21-19-10-11-20-18(12-14-29-20)22(19)27(24-21)16-7-4-3-5-8-16/h3-5,7-8,12,14,17H,6,9-11,13,15H2,1-2H3/t17-/m0/s1. The predicted molar refractivity (Wildman–Crippen MR) is 117 cm³/mol. The van der Waals surface area contributed by atoms with Crippen LogP contribution in [0.2, 0.25) is 0 Å². The number of likely N-dealkylation sites (tertiary alicyclic amines) is 1. The second-order valence-corrected chi connectivity index (χ2v) is 9.19. The Morgan fingerprint density at radius 1 is 1.17 bits per heavy atom. The van der Waals surface area contributed by atoms with Crippen molar-refractivity contribution in [2.45, 2.75) is 31.7 Å². The molecule has 3 heterocycles. The number of hydrogen-bond donors (Lipinski definition) is 0. The average molecular weight is 407 g/mol. The summed E-state index contributed by atoms with van der Waals surface area (Å²) in [5.74, 6) is 0.0844. The number of para-hydroxylation sites is 1. The number of nitrogens with zero attached hydrogens (tertiary/aromatic N) is 4. The van der Waals surface area contributed by atoms with Gasteiger partial charge in [0.05, 0.1) is 11.4 Å². The molecule has 3 aromatic rings. The lowest BCUT2D eigenvalue weighted by atomic mass is 9.94. The minimum Gasteiger partial charge on any atom is -0.336 e. The van der Waals surface area contributed by atoms with Crippen molar-refractivity contribution in [3.63, 3.8) is 0 Å². The Morgan fingerprint density at radius 3 is 2.79 bits per heavy atom. The van der Waals surface area contributed by atoms with E-state index in [1.54, 1.807) is 11.3 Å². The fourth-order valence-corrected chi connectivity index (χ4v) is 5.47. The van der Waals surface area contributed by atoms with Crippen LogP contribution >= 0.6 is 11.3 Å². The summed E-state index contributed by atoms with van der Waals surface area (Å²) >= 11 is 1.80. The van der Waals surface area contributed by atoms with Crippen molar-refractivity contribution < 1.29 is 4.79 Å². The molecule has 2 aromatic heterocycles. The number of fused-ring (bicyclic) bond motifs is 3. The van der Waals surface area contributed by atoms with Crippen molar-refractivity contribution in [1.82, 2.24) is 19.6 Å². The molecule has 5 nitrogen and oxygen atoms in total. The first-order chi connectivity index (χ1) is 14.1. The first-order valence-corrected chi connectivity index (χ1v) is 11.2. The number of hydrogen-bond acceptors (Lipinski definition) is 4. The van der Waals surface area contributed by atoms with Gasteiger partial charge in [0, 0.05) is 35.1 Å². The van der Waals surface area contributed by atoms with E-state index in [1.165, 1.54) is 10.4 Å². The Hall–Kier alpha value is -2.44. The van der Waals surface area contributed by atoms with Crippen molar-refractivity contribution in [2.75, 3.05) is 27.2 Å². The predicted octanol–water partition coefficient (Wildman–Crippen LogP) is 3.87. The topological polar surface area (TPSA) is 41.4 Å². The number of piperidine rings is 1. The van der Waals surface area contributed by atoms with Gasteiger partial charge in [-0.1, -0.05) is 18.2 Å². The summed E-state index contributed by atoms with van der Waals surface area (Å²) in [6, 6.07) is 12.8. The maximum absolute atomic E-state index is 13.6. The van der Waals surface area contributed by atoms with Crippen LogP contribution in [0.3, 0.4) is 0 Å². The molecule has 1 saturated heterocycles. The zero-order valence-electron chi connectivity index (χ0n) is 17.0. The maximum Gasteiger partial charge on any atom is 0.274 e. The van der Waals surface area contributed by atoms with E-state index in [4.69, 9.17) is 5.10 Å². The van der Waals surface area contributed by atoms with Gasteiger partial charge < -0.3 is 9.80 Å². The normalized spacial score (nSPS) is 18.6. The lowest BCUT2D eigenvalue weighted by Gasteiger charge is -2.36. The molecule has 1 aromatic carbocycles. The van der Waals surface area contributed by atoms with Gasteiger partial charge in [0.15, 0.2) is 5.69 Å². The van der Waals surface area contributed by atoms with Crippen molar-refractivity contribution in [3.8, 4) is 16.9 Å². The lowest BCUT2D eigenvalue weighted by Crippen LogP contribution is -2.47. The zero-order valence-corrected chi connectivity index (χ0v) is 17.8. The Kier molecular flexibility index (Phi) is 4.76. The van der Waals surface area contributed by atoms with Crippen LogP contribution in [-0.2, 0) is 12.8 Å². The molecular formula is C23H26N4OS. The van der Waals surface area contributed by atoms with Gasteiger partial charge in [-0.3, -0.25) is 4.79 Å². The highest BCUT2D eigenvalue weighted by molar-refractivity contribution is 7.10. The molecule has 1 fully saturated rings. The van der Waals surface area contributed by atoms with Crippen LogP contribution in [0.15, 0.2) is 41.8 Å². The Balaban J connectivity index is 1.59. The maximum atomic E-state index is 13.6. The highest BCUT2D eigenvalue weighted by atomic mass is 32.1. The molecule has 0 unspecified atom stereocenters. The number of carbonyl (C=O) groups is 1. The van der Waals surface area contributed by atoms with E-state index in [2.05, 4.69) is 42.6 Å². The molecule has 0 radical (unpaired) electrons. The van der Waals surface area contributed by atoms with E-state index in [-0.39, 0.29) is 5.91 Å². The summed E-state index contributed by atoms with van der Waals surface area (Å²) < 4.78 is 1.99. The summed E-state index contributed by atoms with van der Waals surface area (Å²) in [4.78, 5) is 19.2. The van der Waals surface area contributed by atoms with Gasteiger partial charge >= 0.3 is 0 Å². The molecule has 5 rings (SSSR count). The quantitative estimate of drug-likeness (QED) is 0.663. The molecule has 150 valence electrons. The number of benzene rings is 1. The van der Waals surface area contributed by atoms with Crippen LogP contribution in [0, 0.1) is 0 Å². The molecule has 1 aliphatic carbocycles. The molecule has 6 heteroatoms. The summed E-state index contributed by atoms with van der Waals surface area (Å²) in [7, 11) is 4.20. The average Bonchev–Trinajstić information content (AvgIpc) is 3.38. The first kappa shape index (κ1) is 18.6. The molecule has 0 bridgehead atoms. The third-order valence-electron chi connectivity index (χ3n) is 6.20. The number of thiophene rings is 1. The van der Waals surface area contributed by atoms with Crippen LogP contribution in [0.5, 0.6) is 0 Å². The van der Waals surface area contributed by atoms with Gasteiger partial charge in [-0.25, -0.2) is 4.68 Å². The summed E-state index contributed by atoms with van der Waals surface area (Å²) in [5.41, 5.74) is 5.09. The van der Waals surface area contributed by atoms with E-state index >= 15 is 0 Å². The number of aryl methyl sites for hydroxylation is 1. The minimum absolute atomic E-state index is 0.0844. The van der Waals surface area contributed by atoms with Crippen molar-refractivity contribution in [3.05, 3.63) is 57.9 Å². The molecule has 0 N–H and O–H groups in total. The fraction of sp³-hybridized carbons (Fsp3) is 0.391. The van der Waals surface area contributed by atoms with E-state index in [0.29, 0.717) is 11.7 Å². The Morgan fingerprint density at radius 2 is 2.00 bits per heavy atom. The first-order valence-electron chi connectivity index (χ1n) is 10.3. The van der Waals surface area contributed by atoms with Gasteiger partial charge in [-0.15, -0.1) is 11.3 Å². The monoisotopic (exact) mass is 406 g/mol. The van der Waals surface area contributed by atoms with Gasteiger partial charge in [-0.05, 0) is 63.4 Å². The number of carbonyl (C=O) groups excluding carboxylic acids is 1. The zero-order chi connectivity index (χ0) is 20.0. The molecular weight excluding hydrogens is 380 g/mol. The number of amides is 1. The molecule has 1 atom stereocenters. The number of aromatic nitrogens is 2. The summed E-state index contributed by atoms with van der Waals surface area (Å²) in [6.45, 7) is 1.60. The SMILES string of the molecule is CN(C)[C@H]1CCCN(C(=O)c2nn(-c3ccccc3)c3c2CCc2sccc2-3)C1. The van der Waals surface area contributed by atoms with E-state index in [0.717, 1.165) is 55.7 Å². The van der Waals surface area contributed by atoms with E-state index in [1.807, 2.05) is 27.8 Å². The van der Waals surface area contributed by atoms with Crippen molar-refractivity contribution in [1.29, 1.82) is 0 Å². The van der Waals surface area contributed by atoms with Gasteiger partial charge in [0.2, 0.25) is 0 Å². The van der Waals surface area contributed by atoms with Crippen molar-refractivity contribution in [2.24, 2.45) is 0 Å². The molecule has 0 saturated carbocycles. The Labute approximate surface area is 175 Å². The molecule has 1 aliphatic heterocycles. The van der Waals surface area contributed by atoms with Crippen LogP contribution in [0.4, 0.5) is 0 Å². The lowest BCUT2D eigenvalue weighted by molar-refractivity contribution is 0.0627. The fourth-order valence-electron chi connectivity index (χ4n) is 4.59. The van der Waals surface area contributed by atoms with Crippen molar-refractivity contribution >= 4 is 17.2 Å². The van der Waals surface area contributed by atoms with Gasteiger partial charge in [-0.2, -0.15) is 5.10 Å². The third-order valence-corrected chi connectivity index (χ3v) is 7.18. The highest BCUT2D eigenvalue weighted by Gasteiger charge is 2.33. The van der Waals surface area contributed by atoms with Crippen LogP contribution in [0.1, 0.15) is 33.8 Å². The minimum atomic E-state index is 0.0844. The summed E-state index contributed by atoms with van der Waals surface area (Å²) in [6.07, 6.45) is 4.05. The molecule has 1 amide bonds. The number of likely N-dealkylation sites (N-methyl/N-ethyl adjacent to an activating group) is 1. The largest absolute Gasteiger partial charge is 0.336 e. The smallest absolute Gasteiger partial charge is 0.274 e. The second-order valence-electron chi connectivity index (χ2n) is 8.19. The number of rotatable bonds is 3. The van der Waals surface area contributed by atoms with Gasteiger partial charge in [0.25, 0.3) is 5.91 Å². The molecule has 2 aliphatic rings. The molecule has 29 heavy (non-hydrogen) atoms. The second kappa shape index (κ2) is 7.43. The van der Waals surface area contributed by atoms with Crippen LogP contribution in [0.25, 0.3) is 16.9 Å². The van der Waals surface area contributed by atoms with E-state index in [9.17, 15) is 4.79 Å². The molecule has 0 spiro atoms.